The number of fused-ring (bicyclic) bond motifs is 1. The highest BCUT2D eigenvalue weighted by Crippen LogP contribution is 2.22. The number of imidazole rings is 1. The first kappa shape index (κ1) is 19.9. The van der Waals surface area contributed by atoms with E-state index in [2.05, 4.69) is 22.9 Å². The zero-order valence-corrected chi connectivity index (χ0v) is 16.8. The minimum Gasteiger partial charge on any atom is -0.343 e. The molecule has 0 bridgehead atoms. The summed E-state index contributed by atoms with van der Waals surface area (Å²) in [5.41, 5.74) is 3.12. The monoisotopic (exact) mass is 375 g/mol. The number of aromatic nitrogens is 2. The summed E-state index contributed by atoms with van der Waals surface area (Å²) in [4.78, 5) is 17.2. The number of carbonyl (C=O) groups excluding carboxylic acids is 1. The predicted molar refractivity (Wildman–Crippen MR) is 116 cm³/mol. The molecule has 1 heterocycles. The molecule has 28 heavy (non-hydrogen) atoms. The first-order valence-electron chi connectivity index (χ1n) is 10.2. The third-order valence-corrected chi connectivity index (χ3v) is 4.89. The fraction of sp³-hybridized carbons (Fsp3) is 0.333. The van der Waals surface area contributed by atoms with E-state index in [4.69, 9.17) is 4.98 Å². The first-order valence-corrected chi connectivity index (χ1v) is 10.2. The fourth-order valence-electron chi connectivity index (χ4n) is 3.42. The summed E-state index contributed by atoms with van der Waals surface area (Å²) in [5.74, 6) is 0.806. The second-order valence-corrected chi connectivity index (χ2v) is 7.15. The van der Waals surface area contributed by atoms with Crippen molar-refractivity contribution in [3.8, 4) is 0 Å². The number of para-hydroxylation sites is 2. The number of benzene rings is 2. The van der Waals surface area contributed by atoms with Crippen molar-refractivity contribution in [2.24, 2.45) is 0 Å². The van der Waals surface area contributed by atoms with Crippen molar-refractivity contribution in [2.75, 3.05) is 0 Å². The number of aryl methyl sites for hydroxylation is 1. The lowest BCUT2D eigenvalue weighted by atomic mass is 10.2. The van der Waals surface area contributed by atoms with Crippen LogP contribution in [0.3, 0.4) is 0 Å². The Kier molecular flexibility index (Phi) is 7.01. The molecule has 0 aliphatic heterocycles. The summed E-state index contributed by atoms with van der Waals surface area (Å²) in [6.07, 6.45) is 8.21. The Labute approximate surface area is 167 Å². The van der Waals surface area contributed by atoms with Crippen LogP contribution in [0.15, 0.2) is 60.7 Å². The second kappa shape index (κ2) is 9.88. The van der Waals surface area contributed by atoms with Crippen LogP contribution in [-0.2, 0) is 11.3 Å². The van der Waals surface area contributed by atoms with E-state index in [1.54, 1.807) is 6.08 Å². The third-order valence-electron chi connectivity index (χ3n) is 4.89. The van der Waals surface area contributed by atoms with Gasteiger partial charge in [0.25, 0.3) is 0 Å². The Balaban J connectivity index is 1.73. The predicted octanol–water partition coefficient (Wildman–Crippen LogP) is 5.51. The third kappa shape index (κ3) is 5.10. The van der Waals surface area contributed by atoms with Gasteiger partial charge >= 0.3 is 0 Å². The number of carbonyl (C=O) groups is 1. The van der Waals surface area contributed by atoms with E-state index >= 15 is 0 Å². The largest absolute Gasteiger partial charge is 0.343 e. The number of nitrogens with one attached hydrogen (secondary N) is 1. The van der Waals surface area contributed by atoms with E-state index in [-0.39, 0.29) is 11.9 Å². The molecule has 1 aromatic heterocycles. The fourth-order valence-corrected chi connectivity index (χ4v) is 3.42. The molecule has 146 valence electrons. The van der Waals surface area contributed by atoms with Gasteiger partial charge in [0.1, 0.15) is 5.82 Å². The maximum absolute atomic E-state index is 12.4. The van der Waals surface area contributed by atoms with Gasteiger partial charge in [-0.25, -0.2) is 4.98 Å². The molecule has 3 aromatic rings. The van der Waals surface area contributed by atoms with Crippen LogP contribution in [0, 0.1) is 0 Å². The molecule has 0 aliphatic rings. The molecule has 4 heteroatoms. The average molecular weight is 376 g/mol. The van der Waals surface area contributed by atoms with Crippen molar-refractivity contribution in [3.63, 3.8) is 0 Å². The van der Waals surface area contributed by atoms with Crippen molar-refractivity contribution in [1.29, 1.82) is 0 Å². The number of hydrogen-bond acceptors (Lipinski definition) is 2. The second-order valence-electron chi connectivity index (χ2n) is 7.15. The summed E-state index contributed by atoms with van der Waals surface area (Å²) in [5, 5.41) is 3.06. The highest BCUT2D eigenvalue weighted by molar-refractivity contribution is 5.92. The van der Waals surface area contributed by atoms with Crippen molar-refractivity contribution in [2.45, 2.75) is 52.1 Å². The maximum Gasteiger partial charge on any atom is 0.244 e. The number of rotatable bonds is 9. The smallest absolute Gasteiger partial charge is 0.244 e. The van der Waals surface area contributed by atoms with Gasteiger partial charge in [-0.2, -0.15) is 0 Å². The number of hydrogen-bond donors (Lipinski definition) is 1. The average Bonchev–Trinajstić information content (AvgIpc) is 3.09. The number of amides is 1. The van der Waals surface area contributed by atoms with Crippen LogP contribution in [-0.4, -0.2) is 15.5 Å². The van der Waals surface area contributed by atoms with E-state index in [1.807, 2.05) is 61.5 Å². The van der Waals surface area contributed by atoms with Crippen molar-refractivity contribution >= 4 is 23.0 Å². The zero-order chi connectivity index (χ0) is 19.8. The summed E-state index contributed by atoms with van der Waals surface area (Å²) in [7, 11) is 0. The van der Waals surface area contributed by atoms with E-state index in [0.29, 0.717) is 0 Å². The zero-order valence-electron chi connectivity index (χ0n) is 16.8. The van der Waals surface area contributed by atoms with Gasteiger partial charge in [0.15, 0.2) is 0 Å². The molecule has 2 aromatic carbocycles. The highest BCUT2D eigenvalue weighted by atomic mass is 16.1. The van der Waals surface area contributed by atoms with Gasteiger partial charge in [0.05, 0.1) is 17.1 Å². The van der Waals surface area contributed by atoms with E-state index in [9.17, 15) is 4.79 Å². The van der Waals surface area contributed by atoms with E-state index < -0.39 is 0 Å². The van der Waals surface area contributed by atoms with Crippen LogP contribution in [0.25, 0.3) is 17.1 Å². The van der Waals surface area contributed by atoms with Crippen LogP contribution in [0.4, 0.5) is 0 Å². The molecule has 4 nitrogen and oxygen atoms in total. The Morgan fingerprint density at radius 2 is 1.82 bits per heavy atom. The SMILES string of the molecule is CCCCCCn1c(C(C)NC(=O)/C=C\c2ccccc2)nc2ccccc21. The van der Waals surface area contributed by atoms with Gasteiger partial charge in [-0.05, 0) is 37.1 Å². The molecule has 0 radical (unpaired) electrons. The highest BCUT2D eigenvalue weighted by Gasteiger charge is 2.17. The van der Waals surface area contributed by atoms with Crippen LogP contribution < -0.4 is 5.32 Å². The lowest BCUT2D eigenvalue weighted by Gasteiger charge is -2.15. The minimum atomic E-state index is -0.161. The topological polar surface area (TPSA) is 46.9 Å². The van der Waals surface area contributed by atoms with Crippen molar-refractivity contribution in [1.82, 2.24) is 14.9 Å². The Bertz CT molecular complexity index is 927. The molecular weight excluding hydrogens is 346 g/mol. The van der Waals surface area contributed by atoms with Crippen molar-refractivity contribution < 1.29 is 4.79 Å². The maximum atomic E-state index is 12.4. The van der Waals surface area contributed by atoms with Crippen molar-refractivity contribution in [3.05, 3.63) is 72.1 Å². The van der Waals surface area contributed by atoms with Crippen LogP contribution >= 0.6 is 0 Å². The van der Waals surface area contributed by atoms with E-state index in [0.717, 1.165) is 35.4 Å². The minimum absolute atomic E-state index is 0.110. The van der Waals surface area contributed by atoms with Crippen LogP contribution in [0.2, 0.25) is 0 Å². The molecule has 0 fully saturated rings. The molecule has 0 spiro atoms. The van der Waals surface area contributed by atoms with Gasteiger partial charge < -0.3 is 9.88 Å². The lowest BCUT2D eigenvalue weighted by Crippen LogP contribution is -2.27. The van der Waals surface area contributed by atoms with Crippen LogP contribution in [0.1, 0.15) is 57.0 Å². The van der Waals surface area contributed by atoms with Crippen LogP contribution in [0.5, 0.6) is 0 Å². The van der Waals surface area contributed by atoms with Gasteiger partial charge in [0, 0.05) is 12.6 Å². The molecule has 0 aliphatic carbocycles. The van der Waals surface area contributed by atoms with Gasteiger partial charge in [0.2, 0.25) is 5.91 Å². The molecule has 0 saturated carbocycles. The lowest BCUT2D eigenvalue weighted by molar-refractivity contribution is -0.117. The first-order chi connectivity index (χ1) is 13.7. The number of unbranched alkanes of at least 4 members (excludes halogenated alkanes) is 3. The number of nitrogens with zero attached hydrogens (tertiary/aromatic N) is 2. The standard InChI is InChI=1S/C24H29N3O/c1-3-4-5-11-18-27-22-15-10-9-14-21(22)26-24(27)19(2)25-23(28)17-16-20-12-7-6-8-13-20/h6-10,12-17,19H,3-5,11,18H2,1-2H3,(H,25,28)/b17-16-. The van der Waals surface area contributed by atoms with E-state index in [1.165, 1.54) is 19.3 Å². The molecule has 1 unspecified atom stereocenters. The van der Waals surface area contributed by atoms with Gasteiger partial charge in [-0.1, -0.05) is 68.7 Å². The van der Waals surface area contributed by atoms with Gasteiger partial charge in [-0.3, -0.25) is 4.79 Å². The van der Waals surface area contributed by atoms with Gasteiger partial charge in [-0.15, -0.1) is 0 Å². The molecule has 1 atom stereocenters. The Morgan fingerprint density at radius 3 is 2.61 bits per heavy atom. The normalized spacial score (nSPS) is 12.5. The molecule has 1 N–H and O–H groups in total. The summed E-state index contributed by atoms with van der Waals surface area (Å²) in [6, 6.07) is 17.9. The molecule has 3 rings (SSSR count). The Morgan fingerprint density at radius 1 is 1.07 bits per heavy atom. The molecular formula is C24H29N3O. The summed E-state index contributed by atoms with van der Waals surface area (Å²) in [6.45, 7) is 5.15. The summed E-state index contributed by atoms with van der Waals surface area (Å²) >= 11 is 0. The quantitative estimate of drug-likeness (QED) is 0.396. The summed E-state index contributed by atoms with van der Waals surface area (Å²) < 4.78 is 2.26. The molecule has 0 saturated heterocycles. The Hall–Kier alpha value is -2.88. The molecule has 1 amide bonds.